The van der Waals surface area contributed by atoms with Gasteiger partial charge in [0.15, 0.2) is 0 Å². The van der Waals surface area contributed by atoms with Gasteiger partial charge in [0.05, 0.1) is 0 Å². The molecule has 0 bridgehead atoms. The first-order valence-corrected chi connectivity index (χ1v) is 5.33. The van der Waals surface area contributed by atoms with E-state index in [0.29, 0.717) is 13.1 Å². The highest BCUT2D eigenvalue weighted by Crippen LogP contribution is 2.19. The number of nitrogens with one attached hydrogen (secondary N) is 1. The quantitative estimate of drug-likeness (QED) is 0.299. The first kappa shape index (κ1) is 13.8. The molecule has 0 fully saturated rings. The average molecular weight is 212 g/mol. The summed E-state index contributed by atoms with van der Waals surface area (Å²) < 4.78 is 0. The number of hydrogen-bond donors (Lipinski definition) is 1. The Labute approximate surface area is 90.9 Å². The van der Waals surface area contributed by atoms with Crippen molar-refractivity contribution in [3.05, 3.63) is 10.4 Å². The van der Waals surface area contributed by atoms with Crippen molar-refractivity contribution >= 4 is 5.91 Å². The molecule has 0 aliphatic carbocycles. The van der Waals surface area contributed by atoms with E-state index in [1.165, 1.54) is 0 Å². The van der Waals surface area contributed by atoms with E-state index >= 15 is 0 Å². The lowest BCUT2D eigenvalue weighted by atomic mass is 9.89. The second kappa shape index (κ2) is 7.12. The van der Waals surface area contributed by atoms with Crippen molar-refractivity contribution in [1.29, 1.82) is 0 Å². The van der Waals surface area contributed by atoms with E-state index in [9.17, 15) is 4.79 Å². The van der Waals surface area contributed by atoms with E-state index in [1.807, 2.05) is 20.8 Å². The normalized spacial score (nSPS) is 10.6. The number of nitrogens with zero attached hydrogens (tertiary/aromatic N) is 3. The van der Waals surface area contributed by atoms with Gasteiger partial charge in [0.1, 0.15) is 0 Å². The lowest BCUT2D eigenvalue weighted by Gasteiger charge is -2.21. The molecule has 0 spiro atoms. The molecule has 1 amide bonds. The zero-order valence-electron chi connectivity index (χ0n) is 9.79. The molecule has 0 unspecified atom stereocenters. The standard InChI is InChI=1S/C10H20N4O/c1-4-10(2,3)9(15)12-7-5-6-8-13-14-11/h4-8H2,1-3H3,(H,12,15). The molecule has 0 aromatic carbocycles. The Kier molecular flexibility index (Phi) is 6.54. The fourth-order valence-electron chi connectivity index (χ4n) is 0.954. The molecule has 0 radical (unpaired) electrons. The maximum Gasteiger partial charge on any atom is 0.225 e. The summed E-state index contributed by atoms with van der Waals surface area (Å²) in [6.45, 7) is 7.03. The Morgan fingerprint density at radius 1 is 1.47 bits per heavy atom. The van der Waals surface area contributed by atoms with Crippen LogP contribution in [-0.4, -0.2) is 19.0 Å². The van der Waals surface area contributed by atoms with Crippen LogP contribution in [0.15, 0.2) is 5.11 Å². The van der Waals surface area contributed by atoms with E-state index in [4.69, 9.17) is 5.53 Å². The molecule has 5 nitrogen and oxygen atoms in total. The Morgan fingerprint density at radius 2 is 2.13 bits per heavy atom. The van der Waals surface area contributed by atoms with Crippen LogP contribution >= 0.6 is 0 Å². The minimum absolute atomic E-state index is 0.0915. The van der Waals surface area contributed by atoms with E-state index in [1.54, 1.807) is 0 Å². The molecule has 86 valence electrons. The maximum atomic E-state index is 11.6. The zero-order chi connectivity index (χ0) is 11.7. The van der Waals surface area contributed by atoms with Crippen LogP contribution in [0.3, 0.4) is 0 Å². The molecule has 0 saturated carbocycles. The van der Waals surface area contributed by atoms with Gasteiger partial charge >= 0.3 is 0 Å². The van der Waals surface area contributed by atoms with Gasteiger partial charge < -0.3 is 5.32 Å². The van der Waals surface area contributed by atoms with Crippen molar-refractivity contribution in [1.82, 2.24) is 5.32 Å². The predicted molar refractivity (Wildman–Crippen MR) is 60.3 cm³/mol. The third-order valence-electron chi connectivity index (χ3n) is 2.53. The molecule has 0 aliphatic heterocycles. The van der Waals surface area contributed by atoms with Gasteiger partial charge in [-0.1, -0.05) is 25.9 Å². The van der Waals surface area contributed by atoms with E-state index < -0.39 is 0 Å². The van der Waals surface area contributed by atoms with Crippen molar-refractivity contribution in [2.45, 2.75) is 40.0 Å². The average Bonchev–Trinajstić information content (AvgIpc) is 2.22. The van der Waals surface area contributed by atoms with E-state index in [2.05, 4.69) is 15.3 Å². The van der Waals surface area contributed by atoms with Crippen LogP contribution < -0.4 is 5.32 Å². The lowest BCUT2D eigenvalue weighted by molar-refractivity contribution is -0.129. The SMILES string of the molecule is CCC(C)(C)C(=O)NCCCCN=[N+]=[N-]. The topological polar surface area (TPSA) is 77.9 Å². The molecular formula is C10H20N4O. The molecule has 0 atom stereocenters. The summed E-state index contributed by atoms with van der Waals surface area (Å²) >= 11 is 0. The van der Waals surface area contributed by atoms with Crippen molar-refractivity contribution in [2.24, 2.45) is 10.5 Å². The van der Waals surface area contributed by atoms with Gasteiger partial charge in [0.2, 0.25) is 5.91 Å². The summed E-state index contributed by atoms with van der Waals surface area (Å²) in [4.78, 5) is 14.3. The number of carbonyl (C=O) groups excluding carboxylic acids is 1. The molecule has 0 aliphatic rings. The smallest absolute Gasteiger partial charge is 0.225 e. The maximum absolute atomic E-state index is 11.6. The van der Waals surface area contributed by atoms with Crippen molar-refractivity contribution in [3.8, 4) is 0 Å². The monoisotopic (exact) mass is 212 g/mol. The number of rotatable bonds is 7. The zero-order valence-corrected chi connectivity index (χ0v) is 9.79. The van der Waals surface area contributed by atoms with Crippen LogP contribution in [0.4, 0.5) is 0 Å². The Balaban J connectivity index is 3.60. The van der Waals surface area contributed by atoms with Crippen molar-refractivity contribution in [3.63, 3.8) is 0 Å². The number of unbranched alkanes of at least 4 members (excludes halogenated alkanes) is 1. The number of hydrogen-bond acceptors (Lipinski definition) is 2. The lowest BCUT2D eigenvalue weighted by Crippen LogP contribution is -2.36. The highest BCUT2D eigenvalue weighted by molar-refractivity contribution is 5.81. The number of azide groups is 1. The molecule has 0 aromatic rings. The fraction of sp³-hybridized carbons (Fsp3) is 0.900. The molecule has 15 heavy (non-hydrogen) atoms. The van der Waals surface area contributed by atoms with Crippen molar-refractivity contribution < 1.29 is 4.79 Å². The summed E-state index contributed by atoms with van der Waals surface area (Å²) in [5.74, 6) is 0.0915. The molecule has 1 N–H and O–H groups in total. The summed E-state index contributed by atoms with van der Waals surface area (Å²) in [5.41, 5.74) is 7.75. The molecule has 0 rings (SSSR count). The van der Waals surface area contributed by atoms with Crippen LogP contribution in [0.5, 0.6) is 0 Å². The van der Waals surface area contributed by atoms with Gasteiger partial charge in [-0.3, -0.25) is 4.79 Å². The summed E-state index contributed by atoms with van der Waals surface area (Å²) in [5, 5.41) is 6.30. The number of carbonyl (C=O) groups is 1. The summed E-state index contributed by atoms with van der Waals surface area (Å²) in [7, 11) is 0. The molecule has 0 heterocycles. The minimum atomic E-state index is -0.287. The molecular weight excluding hydrogens is 192 g/mol. The van der Waals surface area contributed by atoms with Gasteiger partial charge in [0.25, 0.3) is 0 Å². The van der Waals surface area contributed by atoms with Gasteiger partial charge in [-0.2, -0.15) is 0 Å². The van der Waals surface area contributed by atoms with Gasteiger partial charge in [-0.25, -0.2) is 0 Å². The summed E-state index contributed by atoms with van der Waals surface area (Å²) in [6, 6.07) is 0. The van der Waals surface area contributed by atoms with Gasteiger partial charge in [-0.15, -0.1) is 0 Å². The van der Waals surface area contributed by atoms with Gasteiger partial charge in [0, 0.05) is 23.4 Å². The predicted octanol–water partition coefficient (Wildman–Crippen LogP) is 2.63. The fourth-order valence-corrected chi connectivity index (χ4v) is 0.954. The Morgan fingerprint density at radius 3 is 2.67 bits per heavy atom. The Bertz CT molecular complexity index is 244. The van der Waals surface area contributed by atoms with Crippen LogP contribution in [0.1, 0.15) is 40.0 Å². The second-order valence-corrected chi connectivity index (χ2v) is 4.15. The third-order valence-corrected chi connectivity index (χ3v) is 2.53. The second-order valence-electron chi connectivity index (χ2n) is 4.15. The summed E-state index contributed by atoms with van der Waals surface area (Å²) in [6.07, 6.45) is 2.50. The highest BCUT2D eigenvalue weighted by atomic mass is 16.2. The van der Waals surface area contributed by atoms with E-state index in [0.717, 1.165) is 19.3 Å². The Hall–Kier alpha value is -1.22. The first-order valence-electron chi connectivity index (χ1n) is 5.33. The highest BCUT2D eigenvalue weighted by Gasteiger charge is 2.24. The molecule has 0 aromatic heterocycles. The van der Waals surface area contributed by atoms with Crippen LogP contribution in [0.25, 0.3) is 10.4 Å². The first-order chi connectivity index (χ1) is 7.04. The van der Waals surface area contributed by atoms with Crippen LogP contribution in [0.2, 0.25) is 0 Å². The number of amides is 1. The minimum Gasteiger partial charge on any atom is -0.356 e. The molecule has 5 heteroatoms. The third kappa shape index (κ3) is 5.96. The molecule has 0 saturated heterocycles. The van der Waals surface area contributed by atoms with E-state index in [-0.39, 0.29) is 11.3 Å². The largest absolute Gasteiger partial charge is 0.356 e. The van der Waals surface area contributed by atoms with Crippen molar-refractivity contribution in [2.75, 3.05) is 13.1 Å². The van der Waals surface area contributed by atoms with Crippen LogP contribution in [-0.2, 0) is 4.79 Å². The van der Waals surface area contributed by atoms with Crippen LogP contribution in [0, 0.1) is 5.41 Å². The van der Waals surface area contributed by atoms with Gasteiger partial charge in [-0.05, 0) is 24.8 Å².